The van der Waals surface area contributed by atoms with Crippen LogP contribution >= 0.6 is 0 Å². The van der Waals surface area contributed by atoms with Crippen molar-refractivity contribution in [1.82, 2.24) is 0 Å². The van der Waals surface area contributed by atoms with E-state index >= 15 is 0 Å². The molecule has 0 aliphatic heterocycles. The van der Waals surface area contributed by atoms with Crippen LogP contribution < -0.4 is 4.72 Å². The first kappa shape index (κ1) is 24.3. The number of azide groups is 2. The predicted octanol–water partition coefficient (Wildman–Crippen LogP) is 5.79. The van der Waals surface area contributed by atoms with E-state index in [0.717, 1.165) is 6.07 Å². The fraction of sp³-hybridized carbons (Fsp3) is 0. The van der Waals surface area contributed by atoms with Crippen LogP contribution in [0, 0.1) is 0 Å². The summed E-state index contributed by atoms with van der Waals surface area (Å²) in [6, 6.07) is 15.6. The molecule has 0 saturated heterocycles. The first-order valence-electron chi connectivity index (χ1n) is 9.26. The van der Waals surface area contributed by atoms with Gasteiger partial charge in [-0.3, -0.25) is 9.27 Å². The zero-order chi connectivity index (χ0) is 24.8. The van der Waals surface area contributed by atoms with Crippen molar-refractivity contribution in [3.8, 4) is 0 Å². The lowest BCUT2D eigenvalue weighted by atomic mass is 10.1. The average molecular weight is 498 g/mol. The Labute approximate surface area is 194 Å². The van der Waals surface area contributed by atoms with Gasteiger partial charge in [0.05, 0.1) is 4.90 Å². The molecule has 2 N–H and O–H groups in total. The lowest BCUT2D eigenvalue weighted by Gasteiger charge is -2.11. The SMILES string of the molecule is [N-]=[N+]=Nc1ccc(C=Cc2ccc(N=[N+]=[N-])cc2S(=O)(=O)Nc2ccccc2)c(S(=O)(=O)O)c1. The van der Waals surface area contributed by atoms with Crippen molar-refractivity contribution in [3.63, 3.8) is 0 Å². The summed E-state index contributed by atoms with van der Waals surface area (Å²) in [4.78, 5) is 4.46. The monoisotopic (exact) mass is 497 g/mol. The minimum atomic E-state index is -4.69. The highest BCUT2D eigenvalue weighted by Gasteiger charge is 2.19. The highest BCUT2D eigenvalue weighted by Crippen LogP contribution is 2.29. The van der Waals surface area contributed by atoms with E-state index in [0.29, 0.717) is 5.69 Å². The molecular formula is C20H15N7O5S2. The van der Waals surface area contributed by atoms with Crippen molar-refractivity contribution in [2.24, 2.45) is 10.2 Å². The van der Waals surface area contributed by atoms with E-state index in [4.69, 9.17) is 11.1 Å². The second kappa shape index (κ2) is 10.1. The van der Waals surface area contributed by atoms with Crippen LogP contribution in [0.5, 0.6) is 0 Å². The van der Waals surface area contributed by atoms with Crippen LogP contribution in [0.4, 0.5) is 17.1 Å². The van der Waals surface area contributed by atoms with E-state index in [1.807, 2.05) is 0 Å². The Bertz CT molecular complexity index is 1570. The van der Waals surface area contributed by atoms with Crippen LogP contribution in [-0.2, 0) is 20.1 Å². The Morgan fingerprint density at radius 3 is 1.76 bits per heavy atom. The highest BCUT2D eigenvalue weighted by atomic mass is 32.2. The highest BCUT2D eigenvalue weighted by molar-refractivity contribution is 7.92. The summed E-state index contributed by atoms with van der Waals surface area (Å²) in [5.74, 6) is 0. The molecule has 3 aromatic rings. The molecule has 0 aliphatic carbocycles. The normalized spacial score (nSPS) is 11.4. The van der Waals surface area contributed by atoms with Crippen LogP contribution in [0.25, 0.3) is 33.0 Å². The zero-order valence-corrected chi connectivity index (χ0v) is 18.7. The van der Waals surface area contributed by atoms with Gasteiger partial charge in [-0.15, -0.1) is 0 Å². The van der Waals surface area contributed by atoms with Crippen molar-refractivity contribution in [2.45, 2.75) is 9.79 Å². The molecule has 3 rings (SSSR count). The van der Waals surface area contributed by atoms with Crippen LogP contribution in [0.1, 0.15) is 11.1 Å². The number of rotatable bonds is 8. The van der Waals surface area contributed by atoms with E-state index in [1.165, 1.54) is 42.5 Å². The van der Waals surface area contributed by atoms with E-state index in [-0.39, 0.29) is 27.4 Å². The van der Waals surface area contributed by atoms with Crippen molar-refractivity contribution in [1.29, 1.82) is 0 Å². The molecule has 0 amide bonds. The van der Waals surface area contributed by atoms with E-state index < -0.39 is 25.0 Å². The van der Waals surface area contributed by atoms with Crippen molar-refractivity contribution < 1.29 is 21.4 Å². The maximum atomic E-state index is 13.1. The second-order valence-electron chi connectivity index (χ2n) is 6.60. The molecule has 0 bridgehead atoms. The molecule has 0 aromatic heterocycles. The van der Waals surface area contributed by atoms with E-state index in [9.17, 15) is 21.4 Å². The number of nitrogens with one attached hydrogen (secondary N) is 1. The summed E-state index contributed by atoms with van der Waals surface area (Å²) in [7, 11) is -8.84. The lowest BCUT2D eigenvalue weighted by molar-refractivity contribution is 0.483. The maximum Gasteiger partial charge on any atom is 0.295 e. The van der Waals surface area contributed by atoms with Gasteiger partial charge in [0, 0.05) is 26.9 Å². The molecule has 0 radical (unpaired) electrons. The summed E-state index contributed by atoms with van der Waals surface area (Å²) >= 11 is 0. The smallest absolute Gasteiger partial charge is 0.282 e. The van der Waals surface area contributed by atoms with Crippen molar-refractivity contribution in [3.05, 3.63) is 98.7 Å². The molecule has 0 spiro atoms. The second-order valence-corrected chi connectivity index (χ2v) is 9.64. The van der Waals surface area contributed by atoms with Gasteiger partial charge in [-0.1, -0.05) is 64.8 Å². The third-order valence-corrected chi connectivity index (χ3v) is 6.70. The number of benzene rings is 3. The minimum Gasteiger partial charge on any atom is -0.282 e. The molecule has 0 unspecified atom stereocenters. The Kier molecular flexibility index (Phi) is 7.21. The average Bonchev–Trinajstić information content (AvgIpc) is 2.79. The molecule has 0 aliphatic rings. The first-order chi connectivity index (χ1) is 16.1. The Hall–Kier alpha value is -4.32. The van der Waals surface area contributed by atoms with Gasteiger partial charge in [0.15, 0.2) is 0 Å². The molecule has 34 heavy (non-hydrogen) atoms. The summed E-state index contributed by atoms with van der Waals surface area (Å²) in [6.45, 7) is 0. The first-order valence-corrected chi connectivity index (χ1v) is 12.2. The zero-order valence-electron chi connectivity index (χ0n) is 17.1. The fourth-order valence-electron chi connectivity index (χ4n) is 2.90. The van der Waals surface area contributed by atoms with Crippen molar-refractivity contribution >= 4 is 49.4 Å². The summed E-state index contributed by atoms with van der Waals surface area (Å²) < 4.78 is 61.7. The van der Waals surface area contributed by atoms with Crippen LogP contribution in [-0.4, -0.2) is 21.4 Å². The molecule has 3 aromatic carbocycles. The summed E-state index contributed by atoms with van der Waals surface area (Å²) in [5.41, 5.74) is 17.7. The topological polar surface area (TPSA) is 198 Å². The number of hydrogen-bond donors (Lipinski definition) is 2. The molecule has 12 nitrogen and oxygen atoms in total. The number of nitrogens with zero attached hydrogens (tertiary/aromatic N) is 6. The Morgan fingerprint density at radius 1 is 0.765 bits per heavy atom. The Balaban J connectivity index is 2.12. The largest absolute Gasteiger partial charge is 0.295 e. The number of anilines is 1. The molecule has 172 valence electrons. The third kappa shape index (κ3) is 5.92. The van der Waals surface area contributed by atoms with Crippen LogP contribution in [0.3, 0.4) is 0 Å². The van der Waals surface area contributed by atoms with Gasteiger partial charge >= 0.3 is 0 Å². The Morgan fingerprint density at radius 2 is 1.26 bits per heavy atom. The molecule has 0 heterocycles. The van der Waals surface area contributed by atoms with Gasteiger partial charge < -0.3 is 0 Å². The summed E-state index contributed by atoms with van der Waals surface area (Å²) in [6.07, 6.45) is 2.59. The number of hydrogen-bond acceptors (Lipinski definition) is 6. The third-order valence-electron chi connectivity index (χ3n) is 4.35. The van der Waals surface area contributed by atoms with E-state index in [2.05, 4.69) is 24.8 Å². The van der Waals surface area contributed by atoms with Gasteiger partial charge in [0.1, 0.15) is 4.90 Å². The van der Waals surface area contributed by atoms with Gasteiger partial charge in [0.2, 0.25) is 0 Å². The summed E-state index contributed by atoms with van der Waals surface area (Å²) in [5, 5.41) is 6.74. The van der Waals surface area contributed by atoms with Crippen LogP contribution in [0.2, 0.25) is 0 Å². The molecule has 0 saturated carbocycles. The predicted molar refractivity (Wildman–Crippen MR) is 126 cm³/mol. The van der Waals surface area contributed by atoms with Gasteiger partial charge in [-0.05, 0) is 46.5 Å². The molecule has 0 atom stereocenters. The maximum absolute atomic E-state index is 13.1. The molecule has 0 fully saturated rings. The molecular weight excluding hydrogens is 482 g/mol. The van der Waals surface area contributed by atoms with Gasteiger partial charge in [0.25, 0.3) is 20.1 Å². The quantitative estimate of drug-likeness (QED) is 0.130. The molecule has 14 heteroatoms. The number of para-hydroxylation sites is 1. The number of sulfonamides is 1. The van der Waals surface area contributed by atoms with Gasteiger partial charge in [-0.25, -0.2) is 8.42 Å². The lowest BCUT2D eigenvalue weighted by Crippen LogP contribution is -2.14. The minimum absolute atomic E-state index is 0.0119. The van der Waals surface area contributed by atoms with Crippen molar-refractivity contribution in [2.75, 3.05) is 4.72 Å². The van der Waals surface area contributed by atoms with E-state index in [1.54, 1.807) is 30.3 Å². The van der Waals surface area contributed by atoms with Gasteiger partial charge in [-0.2, -0.15) is 8.42 Å². The fourth-order valence-corrected chi connectivity index (χ4v) is 4.88. The van der Waals surface area contributed by atoms with Crippen LogP contribution in [0.15, 0.2) is 86.7 Å². The standard InChI is InChI=1S/C20H15N7O5S2/c21-26-23-17-10-8-14(19(12-17)33(28,29)25-16-4-2-1-3-5-16)6-7-15-9-11-18(24-27-22)13-20(15)34(30,31)32/h1-13,25H,(H,30,31,32).